The predicted octanol–water partition coefficient (Wildman–Crippen LogP) is 16.4. The largest absolute Gasteiger partial charge is 0.311 e. The van der Waals surface area contributed by atoms with Gasteiger partial charge in [0.15, 0.2) is 0 Å². The van der Waals surface area contributed by atoms with Gasteiger partial charge in [-0.25, -0.2) is 0 Å². The second-order valence-corrected chi connectivity index (χ2v) is 22.0. The van der Waals surface area contributed by atoms with Gasteiger partial charge in [0.25, 0.3) is 6.71 Å². The van der Waals surface area contributed by atoms with E-state index in [9.17, 15) is 0 Å². The number of para-hydroxylation sites is 2. The lowest BCUT2D eigenvalue weighted by molar-refractivity contribution is 0.795. The summed E-state index contributed by atoms with van der Waals surface area (Å²) in [6.45, 7) is 14.1. The monoisotopic (exact) mass is 916 g/mol. The topological polar surface area (TPSA) is 6.48 Å². The third-order valence-corrected chi connectivity index (χ3v) is 17.4. The third-order valence-electron chi connectivity index (χ3n) is 16.2. The first-order valence-electron chi connectivity index (χ1n) is 25.3. The molecule has 0 saturated carbocycles. The first-order valence-corrected chi connectivity index (χ1v) is 26.1. The Bertz CT molecular complexity index is 3710. The zero-order chi connectivity index (χ0) is 47.2. The molecule has 1 aromatic heterocycles. The molecule has 2 aliphatic carbocycles. The lowest BCUT2D eigenvalue weighted by Gasteiger charge is -2.43. The number of fused-ring (bicyclic) bond motifs is 16. The summed E-state index contributed by atoms with van der Waals surface area (Å²) in [7, 11) is 0. The van der Waals surface area contributed by atoms with Gasteiger partial charge >= 0.3 is 0 Å². The van der Waals surface area contributed by atoms with Crippen molar-refractivity contribution in [2.75, 3.05) is 9.80 Å². The summed E-state index contributed by atoms with van der Waals surface area (Å²) in [4.78, 5) is 5.15. The highest BCUT2D eigenvalue weighted by Crippen LogP contribution is 2.64. The molecule has 2 aliphatic heterocycles. The second kappa shape index (κ2) is 15.3. The maximum Gasteiger partial charge on any atom is 0.264 e. The number of thiophene rings is 1. The summed E-state index contributed by atoms with van der Waals surface area (Å²) < 4.78 is 2.72. The molecular weight excluding hydrogens is 864 g/mol. The van der Waals surface area contributed by atoms with Crippen LogP contribution in [-0.4, -0.2) is 6.71 Å². The Morgan fingerprint density at radius 1 is 0.443 bits per heavy atom. The zero-order valence-electron chi connectivity index (χ0n) is 40.6. The van der Waals surface area contributed by atoms with Crippen molar-refractivity contribution in [2.45, 2.75) is 64.7 Å². The molecule has 70 heavy (non-hydrogen) atoms. The molecule has 1 spiro atoms. The van der Waals surface area contributed by atoms with Gasteiger partial charge in [0, 0.05) is 43.3 Å². The number of rotatable bonds is 6. The van der Waals surface area contributed by atoms with E-state index in [1.165, 1.54) is 132 Å². The standard InChI is InChI=1S/C66H53BN2S/c1-39(2)43-34-49(40(3)4)62(50(35-43)41(5)6)42-32-33-57-60(36-42)68(44-20-9-7-10-21-44)58-30-19-31-59-63(58)67(57)65-64(69(59)45-22-11-8-12-23-45)52-37-51-48-26-15-18-29-55(48)66(56(51)38-61(52)70-65)53-27-16-13-24-46(53)47-25-14-17-28-54(47)66/h7-41H,1-6H3. The lowest BCUT2D eigenvalue weighted by Crippen LogP contribution is -2.60. The van der Waals surface area contributed by atoms with Crippen LogP contribution in [0.3, 0.4) is 0 Å². The lowest BCUT2D eigenvalue weighted by atomic mass is 9.36. The zero-order valence-corrected chi connectivity index (χ0v) is 41.4. The van der Waals surface area contributed by atoms with Gasteiger partial charge in [-0.15, -0.1) is 11.3 Å². The summed E-state index contributed by atoms with van der Waals surface area (Å²) in [6.07, 6.45) is 0. The van der Waals surface area contributed by atoms with Gasteiger partial charge in [-0.05, 0) is 156 Å². The first kappa shape index (κ1) is 41.6. The molecule has 0 bridgehead atoms. The molecule has 3 heterocycles. The van der Waals surface area contributed by atoms with Gasteiger partial charge in [-0.1, -0.05) is 181 Å². The van der Waals surface area contributed by atoms with E-state index in [4.69, 9.17) is 0 Å². The Labute approximate surface area is 416 Å². The Kier molecular flexibility index (Phi) is 9.09. The summed E-state index contributed by atoms with van der Waals surface area (Å²) in [5.41, 5.74) is 27.5. The summed E-state index contributed by atoms with van der Waals surface area (Å²) >= 11 is 2.00. The van der Waals surface area contributed by atoms with E-state index < -0.39 is 5.41 Å². The maximum atomic E-state index is 2.60. The fraction of sp³-hybridized carbons (Fsp3) is 0.152. The summed E-state index contributed by atoms with van der Waals surface area (Å²) in [5, 5.41) is 1.31. The molecule has 0 radical (unpaired) electrons. The molecule has 336 valence electrons. The highest BCUT2D eigenvalue weighted by atomic mass is 32.1. The van der Waals surface area contributed by atoms with Gasteiger partial charge in [-0.3, -0.25) is 0 Å². The normalized spacial score (nSPS) is 14.3. The average molecular weight is 917 g/mol. The molecule has 4 heteroatoms. The minimum Gasteiger partial charge on any atom is -0.311 e. The molecule has 0 atom stereocenters. The van der Waals surface area contributed by atoms with Crippen molar-refractivity contribution >= 4 is 78.0 Å². The average Bonchev–Trinajstić information content (AvgIpc) is 4.01. The van der Waals surface area contributed by atoms with Crippen LogP contribution in [0.4, 0.5) is 34.1 Å². The van der Waals surface area contributed by atoms with E-state index in [0.717, 1.165) is 0 Å². The molecule has 0 unspecified atom stereocenters. The van der Waals surface area contributed by atoms with E-state index in [1.54, 1.807) is 0 Å². The van der Waals surface area contributed by atoms with Crippen molar-refractivity contribution in [3.63, 3.8) is 0 Å². The van der Waals surface area contributed by atoms with Gasteiger partial charge in [0.05, 0.1) is 11.1 Å². The van der Waals surface area contributed by atoms with Gasteiger partial charge in [0.1, 0.15) is 0 Å². The van der Waals surface area contributed by atoms with Crippen LogP contribution >= 0.6 is 11.3 Å². The van der Waals surface area contributed by atoms with E-state index in [1.807, 2.05) is 11.3 Å². The predicted molar refractivity (Wildman–Crippen MR) is 300 cm³/mol. The van der Waals surface area contributed by atoms with Crippen LogP contribution < -0.4 is 25.5 Å². The van der Waals surface area contributed by atoms with Gasteiger partial charge in [-0.2, -0.15) is 0 Å². The number of hydrogen-bond donors (Lipinski definition) is 0. The molecule has 0 N–H and O–H groups in total. The Hall–Kier alpha value is -7.40. The van der Waals surface area contributed by atoms with Crippen LogP contribution in [0.1, 0.15) is 98.2 Å². The quantitative estimate of drug-likeness (QED) is 0.153. The highest BCUT2D eigenvalue weighted by molar-refractivity contribution is 7.33. The minimum absolute atomic E-state index is 0.0176. The minimum atomic E-state index is -0.409. The van der Waals surface area contributed by atoms with E-state index in [-0.39, 0.29) is 6.71 Å². The van der Waals surface area contributed by atoms with E-state index in [2.05, 4.69) is 245 Å². The molecule has 14 rings (SSSR count). The summed E-state index contributed by atoms with van der Waals surface area (Å²) in [6, 6.07) is 74.4. The maximum absolute atomic E-state index is 2.60. The van der Waals surface area contributed by atoms with Crippen LogP contribution in [0.15, 0.2) is 194 Å². The Morgan fingerprint density at radius 2 is 0.971 bits per heavy atom. The Morgan fingerprint density at radius 3 is 1.54 bits per heavy atom. The number of anilines is 6. The molecule has 2 nitrogen and oxygen atoms in total. The molecule has 10 aromatic rings. The van der Waals surface area contributed by atoms with Crippen LogP contribution in [0.2, 0.25) is 0 Å². The third kappa shape index (κ3) is 5.57. The number of nitrogens with zero attached hydrogens (tertiary/aromatic N) is 2. The molecule has 9 aromatic carbocycles. The van der Waals surface area contributed by atoms with E-state index >= 15 is 0 Å². The first-order chi connectivity index (χ1) is 34.2. The van der Waals surface area contributed by atoms with Crippen molar-refractivity contribution in [3.05, 3.63) is 233 Å². The Balaban J connectivity index is 1.07. The highest BCUT2D eigenvalue weighted by Gasteiger charge is 2.52. The molecule has 0 amide bonds. The smallest absolute Gasteiger partial charge is 0.264 e. The van der Waals surface area contributed by atoms with Gasteiger partial charge < -0.3 is 9.80 Å². The van der Waals surface area contributed by atoms with Crippen LogP contribution in [0.5, 0.6) is 0 Å². The molecule has 0 saturated heterocycles. The fourth-order valence-electron chi connectivity index (χ4n) is 13.1. The number of benzene rings is 9. The van der Waals surface area contributed by atoms with Crippen LogP contribution in [0, 0.1) is 0 Å². The fourth-order valence-corrected chi connectivity index (χ4v) is 14.5. The van der Waals surface area contributed by atoms with Crippen molar-refractivity contribution in [2.24, 2.45) is 0 Å². The molecule has 0 fully saturated rings. The second-order valence-electron chi connectivity index (χ2n) is 20.9. The van der Waals surface area contributed by atoms with Crippen molar-refractivity contribution in [1.29, 1.82) is 0 Å². The van der Waals surface area contributed by atoms with Crippen LogP contribution in [-0.2, 0) is 5.41 Å². The SMILES string of the molecule is CC(C)c1cc(C(C)C)c(-c2ccc3c(c2)N(c2ccccc2)c2cccc4c2B3c2sc3cc5c(cc3c2N4c2ccccc2)-c2ccccc2C52c3ccccc3-c3ccccc32)c(C(C)C)c1. The van der Waals surface area contributed by atoms with Crippen LogP contribution in [0.25, 0.3) is 43.5 Å². The summed E-state index contributed by atoms with van der Waals surface area (Å²) in [5.74, 6) is 1.20. The van der Waals surface area contributed by atoms with E-state index in [0.29, 0.717) is 17.8 Å². The van der Waals surface area contributed by atoms with Crippen molar-refractivity contribution in [3.8, 4) is 33.4 Å². The van der Waals surface area contributed by atoms with Crippen molar-refractivity contribution < 1.29 is 0 Å². The molecule has 4 aliphatic rings. The van der Waals surface area contributed by atoms with Crippen molar-refractivity contribution in [1.82, 2.24) is 0 Å². The molecular formula is C66H53BN2S. The van der Waals surface area contributed by atoms with Gasteiger partial charge in [0.2, 0.25) is 0 Å². The number of hydrogen-bond acceptors (Lipinski definition) is 3.